The van der Waals surface area contributed by atoms with Gasteiger partial charge in [0.25, 0.3) is 0 Å². The van der Waals surface area contributed by atoms with Gasteiger partial charge in [0.15, 0.2) is 0 Å². The van der Waals surface area contributed by atoms with Gasteiger partial charge in [-0.15, -0.1) is 0 Å². The van der Waals surface area contributed by atoms with Gasteiger partial charge < -0.3 is 5.32 Å². The van der Waals surface area contributed by atoms with Crippen molar-refractivity contribution in [1.82, 2.24) is 10.2 Å². The molecule has 1 aliphatic heterocycles. The van der Waals surface area contributed by atoms with Gasteiger partial charge in [0, 0.05) is 30.7 Å². The van der Waals surface area contributed by atoms with Gasteiger partial charge in [0.1, 0.15) is 0 Å². The molecule has 2 rings (SSSR count). The maximum Gasteiger partial charge on any atom is 0.0309 e. The van der Waals surface area contributed by atoms with Crippen LogP contribution in [0, 0.1) is 11.8 Å². The molecule has 1 heterocycles. The summed E-state index contributed by atoms with van der Waals surface area (Å²) in [6.45, 7) is 14.3. The van der Waals surface area contributed by atoms with Crippen molar-refractivity contribution in [2.45, 2.75) is 77.9 Å². The molecule has 2 heteroatoms. The summed E-state index contributed by atoms with van der Waals surface area (Å²) in [6.07, 6.45) is 5.58. The summed E-state index contributed by atoms with van der Waals surface area (Å²) in [6, 6.07) is 1.43. The van der Waals surface area contributed by atoms with E-state index < -0.39 is 0 Å². The number of hydrogen-bond donors (Lipinski definition) is 1. The standard InChI is InChI=1S/C16H32N2/c1-12(2)6-7-13(3)18-11-16(5,15-8-9-15)17-10-14(18)4/h12-15,17H,6-11H2,1-5H3. The number of piperazine rings is 1. The highest BCUT2D eigenvalue weighted by Gasteiger charge is 2.45. The Kier molecular flexibility index (Phi) is 4.38. The van der Waals surface area contributed by atoms with E-state index in [1.54, 1.807) is 0 Å². The zero-order chi connectivity index (χ0) is 13.3. The van der Waals surface area contributed by atoms with E-state index in [0.717, 1.165) is 17.9 Å². The van der Waals surface area contributed by atoms with Crippen LogP contribution >= 0.6 is 0 Å². The molecule has 1 saturated carbocycles. The van der Waals surface area contributed by atoms with Crippen molar-refractivity contribution in [2.24, 2.45) is 11.8 Å². The van der Waals surface area contributed by atoms with Crippen LogP contribution in [-0.2, 0) is 0 Å². The van der Waals surface area contributed by atoms with Crippen molar-refractivity contribution in [1.29, 1.82) is 0 Å². The van der Waals surface area contributed by atoms with E-state index in [1.165, 1.54) is 38.8 Å². The topological polar surface area (TPSA) is 15.3 Å². The van der Waals surface area contributed by atoms with E-state index >= 15 is 0 Å². The van der Waals surface area contributed by atoms with E-state index in [2.05, 4.69) is 44.8 Å². The number of nitrogens with zero attached hydrogens (tertiary/aromatic N) is 1. The molecule has 0 spiro atoms. The van der Waals surface area contributed by atoms with Crippen molar-refractivity contribution in [3.63, 3.8) is 0 Å². The molecule has 3 atom stereocenters. The van der Waals surface area contributed by atoms with Crippen LogP contribution in [0.25, 0.3) is 0 Å². The highest BCUT2D eigenvalue weighted by atomic mass is 15.3. The van der Waals surface area contributed by atoms with E-state index in [4.69, 9.17) is 0 Å². The predicted molar refractivity (Wildman–Crippen MR) is 78.8 cm³/mol. The molecule has 2 nitrogen and oxygen atoms in total. The van der Waals surface area contributed by atoms with E-state index in [9.17, 15) is 0 Å². The van der Waals surface area contributed by atoms with Crippen LogP contribution in [0.1, 0.15) is 60.3 Å². The highest BCUT2D eigenvalue weighted by Crippen LogP contribution is 2.41. The molecule has 0 aromatic carbocycles. The summed E-state index contributed by atoms with van der Waals surface area (Å²) in [5.74, 6) is 1.77. The Balaban J connectivity index is 1.92. The average Bonchev–Trinajstić information content (AvgIpc) is 3.13. The first-order valence-electron chi connectivity index (χ1n) is 7.93. The van der Waals surface area contributed by atoms with Crippen LogP contribution in [0.3, 0.4) is 0 Å². The van der Waals surface area contributed by atoms with Crippen molar-refractivity contribution >= 4 is 0 Å². The van der Waals surface area contributed by atoms with Gasteiger partial charge in [-0.1, -0.05) is 13.8 Å². The lowest BCUT2D eigenvalue weighted by atomic mass is 9.89. The summed E-state index contributed by atoms with van der Waals surface area (Å²) in [5, 5.41) is 3.82. The Morgan fingerprint density at radius 3 is 2.44 bits per heavy atom. The van der Waals surface area contributed by atoms with Crippen LogP contribution < -0.4 is 5.32 Å². The second-order valence-electron chi connectivity index (χ2n) is 7.41. The molecule has 1 aliphatic carbocycles. The minimum Gasteiger partial charge on any atom is -0.308 e. The summed E-state index contributed by atoms with van der Waals surface area (Å²) in [5.41, 5.74) is 0.388. The fourth-order valence-electron chi connectivity index (χ4n) is 3.41. The summed E-state index contributed by atoms with van der Waals surface area (Å²) in [7, 11) is 0. The SMILES string of the molecule is CC(C)CCC(C)N1CC(C)(C2CC2)NCC1C. The largest absolute Gasteiger partial charge is 0.308 e. The minimum atomic E-state index is 0.388. The minimum absolute atomic E-state index is 0.388. The molecule has 0 amide bonds. The van der Waals surface area contributed by atoms with Gasteiger partial charge in [0.2, 0.25) is 0 Å². The van der Waals surface area contributed by atoms with Crippen molar-refractivity contribution in [2.75, 3.05) is 13.1 Å². The Hall–Kier alpha value is -0.0800. The van der Waals surface area contributed by atoms with E-state index in [-0.39, 0.29) is 0 Å². The quantitative estimate of drug-likeness (QED) is 0.808. The zero-order valence-corrected chi connectivity index (χ0v) is 13.0. The highest BCUT2D eigenvalue weighted by molar-refractivity contribution is 5.04. The number of rotatable bonds is 5. The van der Waals surface area contributed by atoms with Crippen LogP contribution in [-0.4, -0.2) is 35.6 Å². The molecule has 0 bridgehead atoms. The van der Waals surface area contributed by atoms with E-state index in [0.29, 0.717) is 11.6 Å². The van der Waals surface area contributed by atoms with Crippen molar-refractivity contribution < 1.29 is 0 Å². The van der Waals surface area contributed by atoms with Gasteiger partial charge in [-0.25, -0.2) is 0 Å². The molecular formula is C16H32N2. The Labute approximate surface area is 114 Å². The molecule has 1 saturated heterocycles. The molecule has 1 N–H and O–H groups in total. The van der Waals surface area contributed by atoms with Gasteiger partial charge >= 0.3 is 0 Å². The fourth-order valence-corrected chi connectivity index (χ4v) is 3.41. The van der Waals surface area contributed by atoms with Gasteiger partial charge in [-0.3, -0.25) is 4.90 Å². The lowest BCUT2D eigenvalue weighted by Gasteiger charge is -2.48. The number of nitrogens with one attached hydrogen (secondary N) is 1. The maximum atomic E-state index is 3.82. The molecule has 2 aliphatic rings. The summed E-state index contributed by atoms with van der Waals surface area (Å²) >= 11 is 0. The zero-order valence-electron chi connectivity index (χ0n) is 13.0. The maximum absolute atomic E-state index is 3.82. The first kappa shape index (κ1) is 14.3. The summed E-state index contributed by atoms with van der Waals surface area (Å²) < 4.78 is 0. The Bertz CT molecular complexity index is 272. The Morgan fingerprint density at radius 1 is 1.22 bits per heavy atom. The van der Waals surface area contributed by atoms with Crippen LogP contribution in [0.5, 0.6) is 0 Å². The van der Waals surface area contributed by atoms with Crippen LogP contribution in [0.15, 0.2) is 0 Å². The van der Waals surface area contributed by atoms with Crippen molar-refractivity contribution in [3.05, 3.63) is 0 Å². The van der Waals surface area contributed by atoms with Gasteiger partial charge in [-0.2, -0.15) is 0 Å². The summed E-state index contributed by atoms with van der Waals surface area (Å²) in [4.78, 5) is 2.76. The first-order chi connectivity index (χ1) is 8.42. The third kappa shape index (κ3) is 3.27. The predicted octanol–water partition coefficient (Wildman–Crippen LogP) is 3.27. The Morgan fingerprint density at radius 2 is 1.89 bits per heavy atom. The molecule has 0 radical (unpaired) electrons. The molecule has 0 aromatic heterocycles. The third-order valence-electron chi connectivity index (χ3n) is 5.08. The molecule has 3 unspecified atom stereocenters. The van der Waals surface area contributed by atoms with E-state index in [1.807, 2.05) is 0 Å². The normalized spacial score (nSPS) is 36.0. The lowest BCUT2D eigenvalue weighted by molar-refractivity contribution is 0.0473. The molecule has 106 valence electrons. The molecule has 2 fully saturated rings. The second kappa shape index (κ2) is 5.50. The van der Waals surface area contributed by atoms with Crippen LogP contribution in [0.4, 0.5) is 0 Å². The average molecular weight is 252 g/mol. The molecular weight excluding hydrogens is 220 g/mol. The first-order valence-corrected chi connectivity index (χ1v) is 7.93. The third-order valence-corrected chi connectivity index (χ3v) is 5.08. The van der Waals surface area contributed by atoms with Gasteiger partial charge in [-0.05, 0) is 58.3 Å². The smallest absolute Gasteiger partial charge is 0.0309 e. The van der Waals surface area contributed by atoms with Gasteiger partial charge in [0.05, 0.1) is 0 Å². The fraction of sp³-hybridized carbons (Fsp3) is 1.00. The second-order valence-corrected chi connectivity index (χ2v) is 7.41. The molecule has 0 aromatic rings. The lowest BCUT2D eigenvalue weighted by Crippen LogP contribution is -2.64. The van der Waals surface area contributed by atoms with Crippen molar-refractivity contribution in [3.8, 4) is 0 Å². The monoisotopic (exact) mass is 252 g/mol. The van der Waals surface area contributed by atoms with Crippen LogP contribution in [0.2, 0.25) is 0 Å². The number of hydrogen-bond acceptors (Lipinski definition) is 2. The molecule has 18 heavy (non-hydrogen) atoms.